The Morgan fingerprint density at radius 3 is 2.92 bits per heavy atom. The van der Waals surface area contributed by atoms with Crippen molar-refractivity contribution in [1.29, 1.82) is 0 Å². The summed E-state index contributed by atoms with van der Waals surface area (Å²) >= 11 is 0. The van der Waals surface area contributed by atoms with Crippen LogP contribution in [-0.4, -0.2) is 19.4 Å². The first-order valence-corrected chi connectivity index (χ1v) is 3.92. The van der Waals surface area contributed by atoms with Gasteiger partial charge in [-0.3, -0.25) is 4.40 Å². The van der Waals surface area contributed by atoms with Gasteiger partial charge in [0.05, 0.1) is 6.20 Å². The second-order valence-corrected chi connectivity index (χ2v) is 3.01. The first-order valence-electron chi connectivity index (χ1n) is 3.92. The maximum absolute atomic E-state index is 4.19. The summed E-state index contributed by atoms with van der Waals surface area (Å²) in [6, 6.07) is 0. The summed E-state index contributed by atoms with van der Waals surface area (Å²) in [5.74, 6) is 1.39. The van der Waals surface area contributed by atoms with E-state index >= 15 is 0 Å². The van der Waals surface area contributed by atoms with Gasteiger partial charge in [0.25, 0.3) is 0 Å². The third-order valence-electron chi connectivity index (χ3n) is 1.76. The van der Waals surface area contributed by atoms with Gasteiger partial charge >= 0.3 is 0 Å². The summed E-state index contributed by atoms with van der Waals surface area (Å²) in [5.41, 5.74) is 0.855. The van der Waals surface area contributed by atoms with Crippen molar-refractivity contribution in [1.82, 2.24) is 19.4 Å². The molecule has 0 aliphatic rings. The highest BCUT2D eigenvalue weighted by Crippen LogP contribution is 2.11. The van der Waals surface area contributed by atoms with E-state index in [0.717, 1.165) is 11.5 Å². The maximum atomic E-state index is 4.19. The van der Waals surface area contributed by atoms with E-state index < -0.39 is 0 Å². The molecular weight excluding hydrogens is 152 g/mol. The minimum atomic E-state index is 0.393. The van der Waals surface area contributed by atoms with Crippen LogP contribution < -0.4 is 0 Å². The van der Waals surface area contributed by atoms with Crippen LogP contribution in [0.15, 0.2) is 18.9 Å². The molecule has 62 valence electrons. The van der Waals surface area contributed by atoms with Crippen LogP contribution >= 0.6 is 0 Å². The van der Waals surface area contributed by atoms with E-state index in [1.54, 1.807) is 18.9 Å². The molecule has 0 aliphatic heterocycles. The quantitative estimate of drug-likeness (QED) is 0.633. The first kappa shape index (κ1) is 7.21. The van der Waals surface area contributed by atoms with Crippen LogP contribution in [-0.2, 0) is 0 Å². The summed E-state index contributed by atoms with van der Waals surface area (Å²) in [6.07, 6.45) is 5.05. The zero-order valence-electron chi connectivity index (χ0n) is 7.10. The third kappa shape index (κ3) is 0.958. The summed E-state index contributed by atoms with van der Waals surface area (Å²) < 4.78 is 1.91. The Kier molecular flexibility index (Phi) is 1.53. The van der Waals surface area contributed by atoms with Gasteiger partial charge in [0.1, 0.15) is 18.5 Å². The molecule has 0 unspecified atom stereocenters. The number of aromatic nitrogens is 4. The van der Waals surface area contributed by atoms with Crippen LogP contribution in [0.25, 0.3) is 5.65 Å². The fourth-order valence-corrected chi connectivity index (χ4v) is 1.20. The Morgan fingerprint density at radius 1 is 1.33 bits per heavy atom. The van der Waals surface area contributed by atoms with Crippen molar-refractivity contribution in [2.24, 2.45) is 0 Å². The van der Waals surface area contributed by atoms with Gasteiger partial charge in [-0.2, -0.15) is 0 Å². The lowest BCUT2D eigenvalue weighted by atomic mass is 10.2. The number of imidazole rings is 1. The highest BCUT2D eigenvalue weighted by molar-refractivity contribution is 5.34. The fraction of sp³-hybridized carbons (Fsp3) is 0.375. The Balaban J connectivity index is 2.73. The van der Waals surface area contributed by atoms with Gasteiger partial charge < -0.3 is 0 Å². The van der Waals surface area contributed by atoms with Crippen molar-refractivity contribution in [3.8, 4) is 0 Å². The van der Waals surface area contributed by atoms with Crippen LogP contribution in [0, 0.1) is 0 Å². The highest BCUT2D eigenvalue weighted by atomic mass is 15.1. The monoisotopic (exact) mass is 162 g/mol. The van der Waals surface area contributed by atoms with Crippen molar-refractivity contribution < 1.29 is 0 Å². The van der Waals surface area contributed by atoms with Crippen molar-refractivity contribution in [2.75, 3.05) is 0 Å². The fourth-order valence-electron chi connectivity index (χ4n) is 1.20. The summed E-state index contributed by atoms with van der Waals surface area (Å²) in [7, 11) is 0. The molecule has 0 bridgehead atoms. The third-order valence-corrected chi connectivity index (χ3v) is 1.76. The highest BCUT2D eigenvalue weighted by Gasteiger charge is 2.05. The number of fused-ring (bicyclic) bond motifs is 1. The molecule has 0 atom stereocenters. The summed E-state index contributed by atoms with van der Waals surface area (Å²) in [6.45, 7) is 4.20. The van der Waals surface area contributed by atoms with Crippen molar-refractivity contribution in [3.63, 3.8) is 0 Å². The maximum Gasteiger partial charge on any atom is 0.159 e. The van der Waals surface area contributed by atoms with Crippen LogP contribution in [0.4, 0.5) is 0 Å². The molecule has 2 aromatic heterocycles. The molecule has 0 aromatic carbocycles. The summed E-state index contributed by atoms with van der Waals surface area (Å²) in [5, 5.41) is 0. The Bertz CT molecular complexity index is 391. The van der Waals surface area contributed by atoms with E-state index in [4.69, 9.17) is 0 Å². The van der Waals surface area contributed by atoms with Crippen LogP contribution in [0.2, 0.25) is 0 Å². The minimum absolute atomic E-state index is 0.393. The molecule has 2 heterocycles. The molecule has 4 nitrogen and oxygen atoms in total. The molecule has 2 aromatic rings. The molecule has 0 saturated heterocycles. The van der Waals surface area contributed by atoms with Crippen molar-refractivity contribution in [3.05, 3.63) is 24.7 Å². The zero-order valence-corrected chi connectivity index (χ0v) is 7.10. The average Bonchev–Trinajstić information content (AvgIpc) is 2.49. The smallest absolute Gasteiger partial charge is 0.159 e. The average molecular weight is 162 g/mol. The van der Waals surface area contributed by atoms with Gasteiger partial charge in [-0.05, 0) is 0 Å². The molecule has 0 saturated carbocycles. The molecule has 0 amide bonds. The molecule has 0 radical (unpaired) electrons. The van der Waals surface area contributed by atoms with E-state index in [1.807, 2.05) is 4.40 Å². The van der Waals surface area contributed by atoms with E-state index in [2.05, 4.69) is 28.8 Å². The predicted octanol–water partition coefficient (Wildman–Crippen LogP) is 1.25. The molecule has 2 rings (SSSR count). The number of rotatable bonds is 1. The lowest BCUT2D eigenvalue weighted by Gasteiger charge is -2.05. The van der Waals surface area contributed by atoms with Gasteiger partial charge in [0.2, 0.25) is 0 Å². The van der Waals surface area contributed by atoms with Crippen LogP contribution in [0.5, 0.6) is 0 Å². The van der Waals surface area contributed by atoms with E-state index in [9.17, 15) is 0 Å². The van der Waals surface area contributed by atoms with Gasteiger partial charge in [0, 0.05) is 5.92 Å². The molecule has 0 N–H and O–H groups in total. The second kappa shape index (κ2) is 2.55. The zero-order chi connectivity index (χ0) is 8.55. The van der Waals surface area contributed by atoms with Crippen LogP contribution in [0.3, 0.4) is 0 Å². The van der Waals surface area contributed by atoms with Crippen LogP contribution in [0.1, 0.15) is 25.6 Å². The number of nitrogens with zero attached hydrogens (tertiary/aromatic N) is 4. The minimum Gasteiger partial charge on any atom is -0.271 e. The van der Waals surface area contributed by atoms with Crippen molar-refractivity contribution >= 4 is 5.65 Å². The molecular formula is C8H10N4. The Labute approximate surface area is 70.3 Å². The first-order chi connectivity index (χ1) is 5.79. The van der Waals surface area contributed by atoms with Gasteiger partial charge in [-0.15, -0.1) is 0 Å². The van der Waals surface area contributed by atoms with Gasteiger partial charge in [0.15, 0.2) is 5.65 Å². The summed E-state index contributed by atoms with van der Waals surface area (Å²) in [4.78, 5) is 12.3. The Hall–Kier alpha value is -1.45. The topological polar surface area (TPSA) is 43.1 Å². The van der Waals surface area contributed by atoms with Gasteiger partial charge in [-0.1, -0.05) is 13.8 Å². The number of hydrogen-bond donors (Lipinski definition) is 0. The molecule has 12 heavy (non-hydrogen) atoms. The van der Waals surface area contributed by atoms with Gasteiger partial charge in [-0.25, -0.2) is 15.0 Å². The predicted molar refractivity (Wildman–Crippen MR) is 44.9 cm³/mol. The molecule has 0 aliphatic carbocycles. The SMILES string of the molecule is CC(C)c1ncnc2cncn12. The standard InChI is InChI=1S/C8H10N4/c1-6(2)8-11-4-10-7-3-9-5-12(7)8/h3-6H,1-2H3. The number of hydrogen-bond acceptors (Lipinski definition) is 3. The Morgan fingerprint density at radius 2 is 2.17 bits per heavy atom. The normalized spacial score (nSPS) is 11.2. The molecule has 4 heteroatoms. The van der Waals surface area contributed by atoms with E-state index in [-0.39, 0.29) is 0 Å². The second-order valence-electron chi connectivity index (χ2n) is 3.01. The van der Waals surface area contributed by atoms with E-state index in [1.165, 1.54) is 0 Å². The molecule has 0 fully saturated rings. The lowest BCUT2D eigenvalue weighted by molar-refractivity contribution is 0.740. The lowest BCUT2D eigenvalue weighted by Crippen LogP contribution is -2.02. The van der Waals surface area contributed by atoms with Crippen molar-refractivity contribution in [2.45, 2.75) is 19.8 Å². The largest absolute Gasteiger partial charge is 0.271 e. The molecule has 0 spiro atoms. The van der Waals surface area contributed by atoms with E-state index in [0.29, 0.717) is 5.92 Å².